The van der Waals surface area contributed by atoms with Crippen molar-refractivity contribution in [3.8, 4) is 0 Å². The fourth-order valence-electron chi connectivity index (χ4n) is 1.94. The van der Waals surface area contributed by atoms with E-state index in [2.05, 4.69) is 19.2 Å². The minimum Gasteiger partial charge on any atom is -0.381 e. The largest absolute Gasteiger partial charge is 0.381 e. The van der Waals surface area contributed by atoms with Crippen LogP contribution in [0.5, 0.6) is 0 Å². The lowest BCUT2D eigenvalue weighted by molar-refractivity contribution is -0.123. The molecule has 0 spiro atoms. The zero-order valence-corrected chi connectivity index (χ0v) is 11.6. The first-order valence-corrected chi connectivity index (χ1v) is 6.20. The molecule has 3 N–H and O–H groups in total. The molecule has 1 amide bonds. The molecule has 0 bridgehead atoms. The van der Waals surface area contributed by atoms with Gasteiger partial charge in [-0.3, -0.25) is 4.79 Å². The third-order valence-electron chi connectivity index (χ3n) is 2.97. The minimum atomic E-state index is -0.361. The molecule has 1 aliphatic rings. The second kappa shape index (κ2) is 8.72. The maximum absolute atomic E-state index is 11.7. The van der Waals surface area contributed by atoms with Crippen LogP contribution in [0.15, 0.2) is 0 Å². The van der Waals surface area contributed by atoms with Crippen LogP contribution < -0.4 is 11.1 Å². The first-order valence-electron chi connectivity index (χ1n) is 6.20. The Balaban J connectivity index is 0.00000256. The van der Waals surface area contributed by atoms with Crippen LogP contribution in [0.4, 0.5) is 0 Å². The highest BCUT2D eigenvalue weighted by Crippen LogP contribution is 2.13. The Morgan fingerprint density at radius 2 is 2.00 bits per heavy atom. The summed E-state index contributed by atoms with van der Waals surface area (Å²) in [4.78, 5) is 11.7. The molecule has 0 aromatic heterocycles. The van der Waals surface area contributed by atoms with Crippen molar-refractivity contribution in [3.63, 3.8) is 0 Å². The number of nitrogens with two attached hydrogens (primary N) is 1. The molecule has 1 fully saturated rings. The standard InChI is InChI=1S/C12H24N2O2.ClH/c1-9(2)7-11(13)12(15)14-8-10-3-5-16-6-4-10;/h9-11H,3-8,13H2,1-2H3,(H,14,15);1H/t11-;/m0./s1. The first kappa shape index (κ1) is 16.7. The molecule has 0 unspecified atom stereocenters. The van der Waals surface area contributed by atoms with E-state index >= 15 is 0 Å². The van der Waals surface area contributed by atoms with E-state index in [0.717, 1.165) is 39.0 Å². The van der Waals surface area contributed by atoms with E-state index in [1.165, 1.54) is 0 Å². The van der Waals surface area contributed by atoms with Crippen LogP contribution in [-0.2, 0) is 9.53 Å². The van der Waals surface area contributed by atoms with E-state index in [9.17, 15) is 4.79 Å². The van der Waals surface area contributed by atoms with Gasteiger partial charge in [-0.05, 0) is 31.1 Å². The molecular weight excluding hydrogens is 240 g/mol. The van der Waals surface area contributed by atoms with Crippen molar-refractivity contribution in [2.45, 2.75) is 39.2 Å². The molecule has 1 heterocycles. The van der Waals surface area contributed by atoms with Crippen LogP contribution in [0.2, 0.25) is 0 Å². The van der Waals surface area contributed by atoms with Gasteiger partial charge in [0.1, 0.15) is 0 Å². The summed E-state index contributed by atoms with van der Waals surface area (Å²) in [6.07, 6.45) is 2.83. The van der Waals surface area contributed by atoms with Crippen molar-refractivity contribution in [1.82, 2.24) is 5.32 Å². The Labute approximate surface area is 110 Å². The molecule has 0 radical (unpaired) electrons. The van der Waals surface area contributed by atoms with Gasteiger partial charge in [0.25, 0.3) is 0 Å². The van der Waals surface area contributed by atoms with Crippen LogP contribution in [0.25, 0.3) is 0 Å². The number of hydrogen-bond acceptors (Lipinski definition) is 3. The third kappa shape index (κ3) is 6.86. The molecule has 0 aromatic rings. The molecule has 4 nitrogen and oxygen atoms in total. The molecule has 0 saturated carbocycles. The average molecular weight is 265 g/mol. The lowest BCUT2D eigenvalue weighted by atomic mass is 9.99. The topological polar surface area (TPSA) is 64.4 Å². The highest BCUT2D eigenvalue weighted by Gasteiger charge is 2.18. The fraction of sp³-hybridized carbons (Fsp3) is 0.917. The van der Waals surface area contributed by atoms with Crippen molar-refractivity contribution in [3.05, 3.63) is 0 Å². The van der Waals surface area contributed by atoms with E-state index in [0.29, 0.717) is 11.8 Å². The van der Waals surface area contributed by atoms with Crippen LogP contribution in [0, 0.1) is 11.8 Å². The van der Waals surface area contributed by atoms with Crippen molar-refractivity contribution in [2.24, 2.45) is 17.6 Å². The van der Waals surface area contributed by atoms with E-state index in [4.69, 9.17) is 10.5 Å². The van der Waals surface area contributed by atoms with Crippen molar-refractivity contribution in [2.75, 3.05) is 19.8 Å². The van der Waals surface area contributed by atoms with Gasteiger partial charge in [-0.1, -0.05) is 13.8 Å². The minimum absolute atomic E-state index is 0. The van der Waals surface area contributed by atoms with Gasteiger partial charge in [0.05, 0.1) is 6.04 Å². The molecule has 0 aliphatic carbocycles. The number of hydrogen-bond donors (Lipinski definition) is 2. The highest BCUT2D eigenvalue weighted by molar-refractivity contribution is 5.85. The molecule has 1 rings (SSSR count). The van der Waals surface area contributed by atoms with Gasteiger partial charge in [-0.15, -0.1) is 12.4 Å². The summed E-state index contributed by atoms with van der Waals surface area (Å²) in [6.45, 7) is 6.53. The maximum Gasteiger partial charge on any atom is 0.236 e. The zero-order chi connectivity index (χ0) is 12.0. The second-order valence-corrected chi connectivity index (χ2v) is 5.04. The lowest BCUT2D eigenvalue weighted by Gasteiger charge is -2.23. The lowest BCUT2D eigenvalue weighted by Crippen LogP contribution is -2.43. The molecule has 17 heavy (non-hydrogen) atoms. The monoisotopic (exact) mass is 264 g/mol. The smallest absolute Gasteiger partial charge is 0.236 e. The number of rotatable bonds is 5. The Kier molecular flexibility index (Phi) is 8.56. The summed E-state index contributed by atoms with van der Waals surface area (Å²) in [6, 6.07) is -0.361. The quantitative estimate of drug-likeness (QED) is 0.787. The van der Waals surface area contributed by atoms with Gasteiger partial charge in [0.15, 0.2) is 0 Å². The molecule has 0 aromatic carbocycles. The first-order chi connectivity index (χ1) is 7.59. The average Bonchev–Trinajstić information content (AvgIpc) is 2.26. The zero-order valence-electron chi connectivity index (χ0n) is 10.8. The number of nitrogens with one attached hydrogen (secondary N) is 1. The van der Waals surface area contributed by atoms with Gasteiger partial charge >= 0.3 is 0 Å². The van der Waals surface area contributed by atoms with Crippen LogP contribution >= 0.6 is 12.4 Å². The van der Waals surface area contributed by atoms with Crippen molar-refractivity contribution >= 4 is 18.3 Å². The molecule has 5 heteroatoms. The Hall–Kier alpha value is -0.320. The summed E-state index contributed by atoms with van der Waals surface area (Å²) in [5.74, 6) is 1.01. The van der Waals surface area contributed by atoms with E-state index in [-0.39, 0.29) is 24.4 Å². The van der Waals surface area contributed by atoms with Crippen LogP contribution in [0.1, 0.15) is 33.1 Å². The van der Waals surface area contributed by atoms with Crippen LogP contribution in [-0.4, -0.2) is 31.7 Å². The SMILES string of the molecule is CC(C)C[C@H](N)C(=O)NCC1CCOCC1.Cl. The summed E-state index contributed by atoms with van der Waals surface area (Å²) in [5, 5.41) is 2.94. The molecular formula is C12H25ClN2O2. The van der Waals surface area contributed by atoms with Gasteiger partial charge in [0, 0.05) is 19.8 Å². The third-order valence-corrected chi connectivity index (χ3v) is 2.97. The van der Waals surface area contributed by atoms with Gasteiger partial charge in [-0.2, -0.15) is 0 Å². The number of amides is 1. The molecule has 1 aliphatic heterocycles. The van der Waals surface area contributed by atoms with E-state index in [1.54, 1.807) is 0 Å². The summed E-state index contributed by atoms with van der Waals surface area (Å²) >= 11 is 0. The highest BCUT2D eigenvalue weighted by atomic mass is 35.5. The Morgan fingerprint density at radius 3 is 2.53 bits per heavy atom. The Morgan fingerprint density at radius 1 is 1.41 bits per heavy atom. The fourth-order valence-corrected chi connectivity index (χ4v) is 1.94. The maximum atomic E-state index is 11.7. The van der Waals surface area contributed by atoms with Crippen molar-refractivity contribution in [1.29, 1.82) is 0 Å². The summed E-state index contributed by atoms with van der Waals surface area (Å²) in [7, 11) is 0. The number of carbonyl (C=O) groups excluding carboxylic acids is 1. The normalized spacial score (nSPS) is 18.6. The van der Waals surface area contributed by atoms with Gasteiger partial charge in [-0.25, -0.2) is 0 Å². The van der Waals surface area contributed by atoms with Crippen molar-refractivity contribution < 1.29 is 9.53 Å². The predicted octanol–water partition coefficient (Wildman–Crippen LogP) is 1.32. The second-order valence-electron chi connectivity index (χ2n) is 5.04. The summed E-state index contributed by atoms with van der Waals surface area (Å²) < 4.78 is 5.27. The van der Waals surface area contributed by atoms with Gasteiger partial charge < -0.3 is 15.8 Å². The van der Waals surface area contributed by atoms with Crippen LogP contribution in [0.3, 0.4) is 0 Å². The van der Waals surface area contributed by atoms with E-state index in [1.807, 2.05) is 0 Å². The number of carbonyl (C=O) groups is 1. The molecule has 1 atom stereocenters. The van der Waals surface area contributed by atoms with E-state index < -0.39 is 0 Å². The summed E-state index contributed by atoms with van der Waals surface area (Å²) in [5.41, 5.74) is 5.80. The number of ether oxygens (including phenoxy) is 1. The Bertz CT molecular complexity index is 219. The number of halogens is 1. The molecule has 1 saturated heterocycles. The van der Waals surface area contributed by atoms with Gasteiger partial charge in [0.2, 0.25) is 5.91 Å². The predicted molar refractivity (Wildman–Crippen MR) is 71.2 cm³/mol. The molecule has 102 valence electrons.